The Morgan fingerprint density at radius 1 is 1.20 bits per heavy atom. The second-order valence-electron chi connectivity index (χ2n) is 2.69. The summed E-state index contributed by atoms with van der Waals surface area (Å²) in [5.74, 6) is -0.476. The van der Waals surface area contributed by atoms with Gasteiger partial charge in [0.2, 0.25) is 9.84 Å². The molecule has 1 aromatic heterocycles. The van der Waals surface area contributed by atoms with Gasteiger partial charge in [-0.3, -0.25) is 0 Å². The highest BCUT2D eigenvalue weighted by Gasteiger charge is 2.19. The maximum atomic E-state index is 12.6. The fraction of sp³-hybridized carbons (Fsp3) is 0. The monoisotopic (exact) mass is 244 g/mol. The lowest BCUT2D eigenvalue weighted by Crippen LogP contribution is -1.99. The second-order valence-corrected chi connectivity index (χ2v) is 5.66. The molecule has 0 amide bonds. The quantitative estimate of drug-likeness (QED) is 0.751. The average molecular weight is 244 g/mol. The molecular weight excluding hydrogens is 239 g/mol. The average Bonchev–Trinajstić information content (AvgIpc) is 2.71. The summed E-state index contributed by atoms with van der Waals surface area (Å²) in [7, 11) is -3.59. The van der Waals surface area contributed by atoms with Crippen molar-refractivity contribution < 1.29 is 12.8 Å². The Kier molecular flexibility index (Phi) is 2.49. The maximum absolute atomic E-state index is 12.6. The fourth-order valence-corrected chi connectivity index (χ4v) is 2.97. The van der Waals surface area contributed by atoms with E-state index >= 15 is 0 Å². The van der Waals surface area contributed by atoms with E-state index in [2.05, 4.69) is 9.59 Å². The van der Waals surface area contributed by atoms with Crippen molar-refractivity contribution in [3.05, 3.63) is 36.3 Å². The molecule has 0 unspecified atom stereocenters. The Morgan fingerprint density at radius 3 is 2.40 bits per heavy atom. The van der Waals surface area contributed by atoms with Gasteiger partial charge in [-0.05, 0) is 24.3 Å². The minimum atomic E-state index is -3.59. The summed E-state index contributed by atoms with van der Waals surface area (Å²) in [6.45, 7) is 0. The van der Waals surface area contributed by atoms with Crippen LogP contribution < -0.4 is 0 Å². The fourth-order valence-electron chi connectivity index (χ4n) is 1.01. The first kappa shape index (κ1) is 10.2. The molecule has 2 aromatic rings. The van der Waals surface area contributed by atoms with Crippen LogP contribution in [0, 0.1) is 5.82 Å². The number of aromatic nitrogens is 2. The van der Waals surface area contributed by atoms with Gasteiger partial charge >= 0.3 is 0 Å². The molecule has 78 valence electrons. The van der Waals surface area contributed by atoms with Crippen molar-refractivity contribution in [3.8, 4) is 0 Å². The molecule has 2 rings (SSSR count). The zero-order valence-electron chi connectivity index (χ0n) is 7.29. The molecule has 0 spiro atoms. The minimum absolute atomic E-state index is 0.0370. The molecule has 0 aliphatic heterocycles. The molecule has 4 nitrogen and oxygen atoms in total. The molecule has 0 N–H and O–H groups in total. The normalized spacial score (nSPS) is 11.5. The number of hydrogen-bond donors (Lipinski definition) is 0. The third-order valence-electron chi connectivity index (χ3n) is 1.73. The van der Waals surface area contributed by atoms with Crippen LogP contribution in [0.5, 0.6) is 0 Å². The Labute approximate surface area is 89.5 Å². The van der Waals surface area contributed by atoms with Crippen LogP contribution in [0.3, 0.4) is 0 Å². The highest BCUT2D eigenvalue weighted by Crippen LogP contribution is 2.22. The van der Waals surface area contributed by atoms with Crippen molar-refractivity contribution >= 4 is 21.4 Å². The largest absolute Gasteiger partial charge is 0.219 e. The van der Waals surface area contributed by atoms with E-state index in [1.807, 2.05) is 0 Å². The highest BCUT2D eigenvalue weighted by atomic mass is 32.2. The van der Waals surface area contributed by atoms with Crippen LogP contribution in [0.2, 0.25) is 0 Å². The molecular formula is C8H5FN2O2S2. The lowest BCUT2D eigenvalue weighted by atomic mass is 10.4. The van der Waals surface area contributed by atoms with Gasteiger partial charge in [-0.15, -0.1) is 5.10 Å². The number of rotatable bonds is 2. The lowest BCUT2D eigenvalue weighted by molar-refractivity contribution is 0.596. The standard InChI is InChI=1S/C8H5FN2O2S2/c9-6-1-3-7(4-2-6)15(12,13)8-5-10-11-14-8/h1-5H. The zero-order valence-corrected chi connectivity index (χ0v) is 8.93. The van der Waals surface area contributed by atoms with Crippen molar-refractivity contribution in [1.82, 2.24) is 9.59 Å². The van der Waals surface area contributed by atoms with Crippen LogP contribution in [-0.2, 0) is 9.84 Å². The molecule has 0 aliphatic rings. The maximum Gasteiger partial charge on any atom is 0.219 e. The Hall–Kier alpha value is -1.34. The number of nitrogens with zero attached hydrogens (tertiary/aromatic N) is 2. The second kappa shape index (κ2) is 3.67. The molecule has 0 atom stereocenters. The highest BCUT2D eigenvalue weighted by molar-refractivity contribution is 7.93. The van der Waals surface area contributed by atoms with Crippen molar-refractivity contribution in [2.45, 2.75) is 9.10 Å². The van der Waals surface area contributed by atoms with E-state index in [9.17, 15) is 12.8 Å². The van der Waals surface area contributed by atoms with Gasteiger partial charge in [-0.2, -0.15) is 0 Å². The third-order valence-corrected chi connectivity index (χ3v) is 4.60. The molecule has 0 fully saturated rings. The molecule has 1 aromatic carbocycles. The molecule has 0 radical (unpaired) electrons. The predicted octanol–water partition coefficient (Wildman–Crippen LogP) is 1.51. The first-order valence-electron chi connectivity index (χ1n) is 3.89. The lowest BCUT2D eigenvalue weighted by Gasteiger charge is -1.99. The zero-order chi connectivity index (χ0) is 10.9. The van der Waals surface area contributed by atoms with Gasteiger partial charge < -0.3 is 0 Å². The topological polar surface area (TPSA) is 59.9 Å². The summed E-state index contributed by atoms with van der Waals surface area (Å²) < 4.78 is 39.7. The van der Waals surface area contributed by atoms with Crippen LogP contribution in [0.1, 0.15) is 0 Å². The summed E-state index contributed by atoms with van der Waals surface area (Å²) >= 11 is 0.786. The molecule has 1 heterocycles. The van der Waals surface area contributed by atoms with E-state index in [0.29, 0.717) is 0 Å². The van der Waals surface area contributed by atoms with Crippen molar-refractivity contribution in [3.63, 3.8) is 0 Å². The van der Waals surface area contributed by atoms with E-state index in [1.54, 1.807) is 0 Å². The minimum Gasteiger partial charge on any atom is -0.218 e. The van der Waals surface area contributed by atoms with Gasteiger partial charge in [0.15, 0.2) is 4.21 Å². The Morgan fingerprint density at radius 2 is 1.87 bits per heavy atom. The van der Waals surface area contributed by atoms with Gasteiger partial charge in [0, 0.05) is 11.5 Å². The van der Waals surface area contributed by atoms with E-state index < -0.39 is 15.7 Å². The van der Waals surface area contributed by atoms with Gasteiger partial charge in [0.25, 0.3) is 0 Å². The van der Waals surface area contributed by atoms with Crippen molar-refractivity contribution in [2.24, 2.45) is 0 Å². The van der Waals surface area contributed by atoms with Crippen LogP contribution in [-0.4, -0.2) is 18.0 Å². The molecule has 0 aliphatic carbocycles. The van der Waals surface area contributed by atoms with Crippen molar-refractivity contribution in [2.75, 3.05) is 0 Å². The van der Waals surface area contributed by atoms with Crippen LogP contribution >= 0.6 is 11.5 Å². The molecule has 0 saturated heterocycles. The molecule has 15 heavy (non-hydrogen) atoms. The van der Waals surface area contributed by atoms with Crippen molar-refractivity contribution in [1.29, 1.82) is 0 Å². The van der Waals surface area contributed by atoms with E-state index in [1.165, 1.54) is 18.3 Å². The van der Waals surface area contributed by atoms with Gasteiger partial charge in [0.1, 0.15) is 5.82 Å². The molecule has 0 saturated carbocycles. The first-order valence-corrected chi connectivity index (χ1v) is 6.14. The Bertz CT molecular complexity index is 549. The summed E-state index contributed by atoms with van der Waals surface area (Å²) in [6.07, 6.45) is 1.17. The number of halogens is 1. The smallest absolute Gasteiger partial charge is 0.218 e. The predicted molar refractivity (Wildman–Crippen MR) is 51.8 cm³/mol. The van der Waals surface area contributed by atoms with E-state index in [-0.39, 0.29) is 9.10 Å². The summed E-state index contributed by atoms with van der Waals surface area (Å²) in [4.78, 5) is 0.0370. The van der Waals surface area contributed by atoms with E-state index in [4.69, 9.17) is 0 Å². The summed E-state index contributed by atoms with van der Waals surface area (Å²) in [5, 5.41) is 3.45. The van der Waals surface area contributed by atoms with Gasteiger partial charge in [-0.25, -0.2) is 12.8 Å². The Balaban J connectivity index is 2.52. The van der Waals surface area contributed by atoms with E-state index in [0.717, 1.165) is 23.7 Å². The number of benzene rings is 1. The van der Waals surface area contributed by atoms with Crippen LogP contribution in [0.15, 0.2) is 39.6 Å². The number of sulfone groups is 1. The van der Waals surface area contributed by atoms with Gasteiger partial charge in [-0.1, -0.05) is 4.49 Å². The van der Waals surface area contributed by atoms with Gasteiger partial charge in [0.05, 0.1) is 11.1 Å². The molecule has 0 bridgehead atoms. The number of hydrogen-bond acceptors (Lipinski definition) is 5. The first-order chi connectivity index (χ1) is 7.10. The summed E-state index contributed by atoms with van der Waals surface area (Å²) in [6, 6.07) is 4.62. The van der Waals surface area contributed by atoms with Crippen LogP contribution in [0.4, 0.5) is 4.39 Å². The SMILES string of the molecule is O=S(=O)(c1ccc(F)cc1)c1cnns1. The molecule has 7 heteroatoms. The summed E-state index contributed by atoms with van der Waals surface area (Å²) in [5.41, 5.74) is 0. The van der Waals surface area contributed by atoms with Crippen LogP contribution in [0.25, 0.3) is 0 Å². The third kappa shape index (κ3) is 1.88.